The summed E-state index contributed by atoms with van der Waals surface area (Å²) in [5.41, 5.74) is 2.00. The Kier molecular flexibility index (Phi) is 5.66. The number of rotatable bonds is 9. The van der Waals surface area contributed by atoms with E-state index in [0.717, 1.165) is 11.6 Å². The van der Waals surface area contributed by atoms with E-state index in [-0.39, 0.29) is 6.61 Å². The van der Waals surface area contributed by atoms with Gasteiger partial charge in [0.15, 0.2) is 0 Å². The van der Waals surface area contributed by atoms with Crippen molar-refractivity contribution in [2.45, 2.75) is 51.9 Å². The Morgan fingerprint density at radius 1 is 1.35 bits per heavy atom. The van der Waals surface area contributed by atoms with Gasteiger partial charge in [-0.2, -0.15) is 5.26 Å². The summed E-state index contributed by atoms with van der Waals surface area (Å²) >= 11 is 0. The third-order valence-electron chi connectivity index (χ3n) is 4.58. The van der Waals surface area contributed by atoms with Gasteiger partial charge in [-0.05, 0) is 30.9 Å². The molecule has 1 aromatic heterocycles. The number of hydrogen-bond acceptors (Lipinski definition) is 5. The topological polar surface area (TPSA) is 80.3 Å². The normalized spacial score (nSPS) is 14.6. The quantitative estimate of drug-likeness (QED) is 0.537. The van der Waals surface area contributed by atoms with Gasteiger partial charge in [0, 0.05) is 20.7 Å². The Bertz CT molecular complexity index is 816. The Morgan fingerprint density at radius 2 is 2.12 bits per heavy atom. The van der Waals surface area contributed by atoms with Gasteiger partial charge < -0.3 is 19.1 Å². The molecule has 1 heterocycles. The zero-order valence-electron chi connectivity index (χ0n) is 15.8. The average Bonchev–Trinajstić information content (AvgIpc) is 3.36. The van der Waals surface area contributed by atoms with Crippen molar-refractivity contribution in [2.24, 2.45) is 5.92 Å². The largest absolute Gasteiger partial charge is 0.492 e. The number of nitriles is 1. The molecule has 3 rings (SSSR count). The minimum atomic E-state index is -1.15. The highest BCUT2D eigenvalue weighted by atomic mass is 28.3. The van der Waals surface area contributed by atoms with Gasteiger partial charge in [-0.3, -0.25) is 0 Å². The van der Waals surface area contributed by atoms with Crippen LogP contribution >= 0.6 is 0 Å². The molecule has 0 unspecified atom stereocenters. The molecule has 1 aromatic carbocycles. The van der Waals surface area contributed by atoms with Crippen LogP contribution in [0.2, 0.25) is 25.7 Å². The maximum absolute atomic E-state index is 9.66. The summed E-state index contributed by atoms with van der Waals surface area (Å²) in [6.45, 7) is 8.41. The van der Waals surface area contributed by atoms with Gasteiger partial charge in [0.1, 0.15) is 31.0 Å². The lowest BCUT2D eigenvalue weighted by Crippen LogP contribution is -2.22. The van der Waals surface area contributed by atoms with Crippen LogP contribution in [-0.4, -0.2) is 35.9 Å². The van der Waals surface area contributed by atoms with Gasteiger partial charge in [-0.15, -0.1) is 0 Å². The molecule has 7 heteroatoms. The molecule has 0 spiro atoms. The van der Waals surface area contributed by atoms with Gasteiger partial charge in [0.25, 0.3) is 0 Å². The minimum absolute atomic E-state index is 0.174. The van der Waals surface area contributed by atoms with E-state index < -0.39 is 8.07 Å². The number of aromatic nitrogens is 2. The first-order valence-electron chi connectivity index (χ1n) is 9.16. The van der Waals surface area contributed by atoms with Crippen molar-refractivity contribution in [3.8, 4) is 11.8 Å². The Balaban J connectivity index is 1.81. The Hall–Kier alpha value is -1.88. The van der Waals surface area contributed by atoms with Crippen molar-refractivity contribution >= 4 is 19.1 Å². The van der Waals surface area contributed by atoms with Crippen LogP contribution in [0, 0.1) is 17.2 Å². The molecule has 140 valence electrons. The van der Waals surface area contributed by atoms with E-state index in [1.165, 1.54) is 12.8 Å². The summed E-state index contributed by atoms with van der Waals surface area (Å²) in [6.07, 6.45) is 2.39. The molecule has 1 N–H and O–H groups in total. The lowest BCUT2D eigenvalue weighted by molar-refractivity contribution is 0.0845. The van der Waals surface area contributed by atoms with Crippen LogP contribution in [0.5, 0.6) is 5.75 Å². The van der Waals surface area contributed by atoms with Crippen LogP contribution in [0.25, 0.3) is 11.0 Å². The van der Waals surface area contributed by atoms with Gasteiger partial charge in [0.2, 0.25) is 0 Å². The summed E-state index contributed by atoms with van der Waals surface area (Å²) in [5.74, 6) is 1.72. The molecule has 0 bridgehead atoms. The molecular formula is C19H27N3O3Si. The number of benzene rings is 1. The van der Waals surface area contributed by atoms with E-state index in [1.54, 1.807) is 12.1 Å². The van der Waals surface area contributed by atoms with E-state index >= 15 is 0 Å². The van der Waals surface area contributed by atoms with E-state index in [0.29, 0.717) is 48.5 Å². The van der Waals surface area contributed by atoms with E-state index in [2.05, 4.69) is 30.7 Å². The van der Waals surface area contributed by atoms with Gasteiger partial charge >= 0.3 is 0 Å². The van der Waals surface area contributed by atoms with Crippen molar-refractivity contribution < 1.29 is 14.6 Å². The monoisotopic (exact) mass is 373 g/mol. The van der Waals surface area contributed by atoms with E-state index in [1.807, 2.05) is 4.57 Å². The standard InChI is InChI=1S/C19H27N3O3Si/c1-26(2,3)7-6-24-13-22-17-8-15(10-20)18(25-12-14-4-5-14)9-16(17)21-19(22)11-23/h8-9,14,23H,4-7,11-13H2,1-3H3. The van der Waals surface area contributed by atoms with Crippen molar-refractivity contribution in [1.29, 1.82) is 5.26 Å². The van der Waals surface area contributed by atoms with Gasteiger partial charge in [0.05, 0.1) is 23.2 Å². The van der Waals surface area contributed by atoms with E-state index in [9.17, 15) is 10.4 Å². The first-order chi connectivity index (χ1) is 12.4. The summed E-state index contributed by atoms with van der Waals surface area (Å²) in [6, 6.07) is 6.87. The summed E-state index contributed by atoms with van der Waals surface area (Å²) in [7, 11) is -1.15. The second kappa shape index (κ2) is 7.78. The molecule has 1 fully saturated rings. The van der Waals surface area contributed by atoms with Gasteiger partial charge in [-0.25, -0.2) is 4.98 Å². The fraction of sp³-hybridized carbons (Fsp3) is 0.579. The maximum Gasteiger partial charge on any atom is 0.139 e. The Labute approximate surface area is 155 Å². The second-order valence-corrected chi connectivity index (χ2v) is 13.8. The molecule has 0 radical (unpaired) electrons. The zero-order chi connectivity index (χ0) is 18.7. The fourth-order valence-corrected chi connectivity index (χ4v) is 3.46. The summed E-state index contributed by atoms with van der Waals surface area (Å²) < 4.78 is 13.5. The highest BCUT2D eigenvalue weighted by Gasteiger charge is 2.23. The second-order valence-electron chi connectivity index (χ2n) is 8.17. The third kappa shape index (κ3) is 4.64. The highest BCUT2D eigenvalue weighted by Crippen LogP contribution is 2.32. The number of aliphatic hydroxyl groups is 1. The molecule has 1 saturated carbocycles. The maximum atomic E-state index is 9.66. The van der Waals surface area contributed by atoms with Crippen molar-refractivity contribution in [1.82, 2.24) is 9.55 Å². The predicted molar refractivity (Wildman–Crippen MR) is 103 cm³/mol. The molecule has 26 heavy (non-hydrogen) atoms. The molecule has 0 saturated heterocycles. The lowest BCUT2D eigenvalue weighted by atomic mass is 10.2. The highest BCUT2D eigenvalue weighted by molar-refractivity contribution is 6.76. The predicted octanol–water partition coefficient (Wildman–Crippen LogP) is 3.50. The molecule has 0 atom stereocenters. The third-order valence-corrected chi connectivity index (χ3v) is 6.28. The number of aliphatic hydroxyl groups excluding tert-OH is 1. The van der Waals surface area contributed by atoms with E-state index in [4.69, 9.17) is 9.47 Å². The van der Waals surface area contributed by atoms with Crippen molar-refractivity contribution in [2.75, 3.05) is 13.2 Å². The Morgan fingerprint density at radius 3 is 2.73 bits per heavy atom. The first-order valence-corrected chi connectivity index (χ1v) is 12.9. The molecule has 0 aliphatic heterocycles. The van der Waals surface area contributed by atoms with Crippen LogP contribution < -0.4 is 4.74 Å². The molecule has 6 nitrogen and oxygen atoms in total. The lowest BCUT2D eigenvalue weighted by Gasteiger charge is -2.16. The average molecular weight is 374 g/mol. The number of hydrogen-bond donors (Lipinski definition) is 1. The minimum Gasteiger partial charge on any atom is -0.492 e. The SMILES string of the molecule is C[Si](C)(C)CCOCn1c(CO)nc2cc(OCC3CC3)c(C#N)cc21. The number of fused-ring (bicyclic) bond motifs is 1. The summed E-state index contributed by atoms with van der Waals surface area (Å²) in [5, 5.41) is 19.1. The van der Waals surface area contributed by atoms with Crippen LogP contribution in [0.1, 0.15) is 24.2 Å². The number of ether oxygens (including phenoxy) is 2. The zero-order valence-corrected chi connectivity index (χ0v) is 16.8. The smallest absolute Gasteiger partial charge is 0.139 e. The summed E-state index contributed by atoms with van der Waals surface area (Å²) in [4.78, 5) is 4.49. The van der Waals surface area contributed by atoms with Gasteiger partial charge in [-0.1, -0.05) is 19.6 Å². The van der Waals surface area contributed by atoms with Crippen LogP contribution in [0.4, 0.5) is 0 Å². The van der Waals surface area contributed by atoms with Crippen LogP contribution in [-0.2, 0) is 18.1 Å². The number of imidazole rings is 1. The first kappa shape index (κ1) is 18.9. The van der Waals surface area contributed by atoms with Crippen LogP contribution in [0.15, 0.2) is 12.1 Å². The fourth-order valence-electron chi connectivity index (χ4n) is 2.70. The molecule has 1 aliphatic rings. The van der Waals surface area contributed by atoms with Crippen LogP contribution in [0.3, 0.4) is 0 Å². The molecule has 0 amide bonds. The number of nitrogens with zero attached hydrogens (tertiary/aromatic N) is 3. The molecule has 1 aliphatic carbocycles. The van der Waals surface area contributed by atoms with Crippen molar-refractivity contribution in [3.05, 3.63) is 23.5 Å². The molecule has 2 aromatic rings. The van der Waals surface area contributed by atoms with Crippen molar-refractivity contribution in [3.63, 3.8) is 0 Å². The molecular weight excluding hydrogens is 346 g/mol.